The highest BCUT2D eigenvalue weighted by Gasteiger charge is 2.21. The van der Waals surface area contributed by atoms with Crippen molar-refractivity contribution in [3.63, 3.8) is 0 Å². The van der Waals surface area contributed by atoms with E-state index in [1.54, 1.807) is 6.07 Å². The van der Waals surface area contributed by atoms with Gasteiger partial charge in [-0.1, -0.05) is 30.3 Å². The second kappa shape index (κ2) is 9.12. The number of hydrogen-bond acceptors (Lipinski definition) is 7. The SMILES string of the molecule is O=C(Cn1nnn(-c2cccs2)c1=O)NC[C@@H]1CN(Cc2ccccc2)CCO1. The fourth-order valence-corrected chi connectivity index (χ4v) is 3.88. The Balaban J connectivity index is 1.27. The molecule has 1 aromatic carbocycles. The molecule has 1 N–H and O–H groups in total. The van der Waals surface area contributed by atoms with Crippen LogP contribution >= 0.6 is 11.3 Å². The molecule has 2 aromatic heterocycles. The molecule has 0 unspecified atom stereocenters. The second-order valence-corrected chi connectivity index (χ2v) is 7.73. The van der Waals surface area contributed by atoms with E-state index in [-0.39, 0.29) is 18.6 Å². The number of morpholine rings is 1. The molecular formula is C19H22N6O3S. The lowest BCUT2D eigenvalue weighted by molar-refractivity contribution is -0.123. The molecule has 152 valence electrons. The van der Waals surface area contributed by atoms with Gasteiger partial charge in [0.2, 0.25) is 5.91 Å². The molecule has 29 heavy (non-hydrogen) atoms. The first-order chi connectivity index (χ1) is 14.2. The number of nitrogens with zero attached hydrogens (tertiary/aromatic N) is 5. The Hall–Kier alpha value is -2.82. The number of nitrogens with one attached hydrogen (secondary N) is 1. The molecule has 1 aliphatic rings. The molecule has 1 atom stereocenters. The molecule has 9 nitrogen and oxygen atoms in total. The number of amides is 1. The molecule has 3 heterocycles. The van der Waals surface area contributed by atoms with E-state index in [2.05, 4.69) is 32.8 Å². The van der Waals surface area contributed by atoms with Crippen LogP contribution in [0.2, 0.25) is 0 Å². The van der Waals surface area contributed by atoms with Gasteiger partial charge in [-0.2, -0.15) is 9.36 Å². The molecule has 0 saturated carbocycles. The summed E-state index contributed by atoms with van der Waals surface area (Å²) in [5, 5.41) is 13.0. The van der Waals surface area contributed by atoms with Gasteiger partial charge in [-0.3, -0.25) is 9.69 Å². The minimum atomic E-state index is -0.439. The van der Waals surface area contributed by atoms with E-state index in [0.29, 0.717) is 18.2 Å². The predicted molar refractivity (Wildman–Crippen MR) is 108 cm³/mol. The molecule has 1 saturated heterocycles. The van der Waals surface area contributed by atoms with Gasteiger partial charge in [0.15, 0.2) is 0 Å². The number of rotatable bonds is 7. The topological polar surface area (TPSA) is 94.3 Å². The summed E-state index contributed by atoms with van der Waals surface area (Å²) in [4.78, 5) is 26.9. The number of ether oxygens (including phenoxy) is 1. The van der Waals surface area contributed by atoms with E-state index in [1.807, 2.05) is 29.6 Å². The molecular weight excluding hydrogens is 392 g/mol. The summed E-state index contributed by atoms with van der Waals surface area (Å²) >= 11 is 1.38. The van der Waals surface area contributed by atoms with Crippen molar-refractivity contribution in [1.29, 1.82) is 0 Å². The second-order valence-electron chi connectivity index (χ2n) is 6.80. The van der Waals surface area contributed by atoms with Crippen LogP contribution in [0.25, 0.3) is 5.00 Å². The Morgan fingerprint density at radius 3 is 2.86 bits per heavy atom. The van der Waals surface area contributed by atoms with E-state index in [4.69, 9.17) is 4.74 Å². The average Bonchev–Trinajstić information content (AvgIpc) is 3.38. The molecule has 0 spiro atoms. The summed E-state index contributed by atoms with van der Waals surface area (Å²) in [5.41, 5.74) is 0.816. The van der Waals surface area contributed by atoms with Crippen LogP contribution in [0.1, 0.15) is 5.56 Å². The van der Waals surface area contributed by atoms with E-state index in [9.17, 15) is 9.59 Å². The number of aromatic nitrogens is 4. The molecule has 10 heteroatoms. The van der Waals surface area contributed by atoms with E-state index in [1.165, 1.54) is 21.6 Å². The summed E-state index contributed by atoms with van der Waals surface area (Å²) in [7, 11) is 0. The van der Waals surface area contributed by atoms with Crippen molar-refractivity contribution in [2.75, 3.05) is 26.2 Å². The minimum absolute atomic E-state index is 0.0880. The molecule has 4 rings (SSSR count). The maximum atomic E-state index is 12.3. The van der Waals surface area contributed by atoms with Crippen molar-refractivity contribution in [1.82, 2.24) is 30.0 Å². The van der Waals surface area contributed by atoms with E-state index in [0.717, 1.165) is 24.3 Å². The van der Waals surface area contributed by atoms with Crippen LogP contribution in [0.4, 0.5) is 0 Å². The van der Waals surface area contributed by atoms with Crippen molar-refractivity contribution in [2.24, 2.45) is 0 Å². The van der Waals surface area contributed by atoms with Gasteiger partial charge in [-0.25, -0.2) is 4.79 Å². The summed E-state index contributed by atoms with van der Waals surface area (Å²) in [6.07, 6.45) is -0.0880. The quantitative estimate of drug-likeness (QED) is 0.605. The highest BCUT2D eigenvalue weighted by Crippen LogP contribution is 2.11. The number of hydrogen-bond donors (Lipinski definition) is 1. The first-order valence-corrected chi connectivity index (χ1v) is 10.3. The van der Waals surface area contributed by atoms with Gasteiger partial charge in [-0.15, -0.1) is 11.3 Å². The first kappa shape index (κ1) is 19.5. The standard InChI is InChI=1S/C19H22N6O3S/c26-17(14-24-19(27)25(22-21-24)18-7-4-10-29-18)20-11-16-13-23(8-9-28-16)12-15-5-2-1-3-6-15/h1-7,10,16H,8-9,11-14H2,(H,20,26)/t16-/m1/s1. The maximum absolute atomic E-state index is 12.3. The van der Waals surface area contributed by atoms with Crippen molar-refractivity contribution in [3.05, 3.63) is 63.9 Å². The smallest absolute Gasteiger partial charge is 0.369 e. The Morgan fingerprint density at radius 1 is 1.21 bits per heavy atom. The average molecular weight is 414 g/mol. The Labute approximate surface area is 171 Å². The van der Waals surface area contributed by atoms with E-state index < -0.39 is 5.69 Å². The summed E-state index contributed by atoms with van der Waals surface area (Å²) in [6.45, 7) is 3.30. The molecule has 1 fully saturated rings. The first-order valence-electron chi connectivity index (χ1n) is 9.40. The van der Waals surface area contributed by atoms with Gasteiger partial charge >= 0.3 is 5.69 Å². The van der Waals surface area contributed by atoms with Gasteiger partial charge in [0, 0.05) is 26.2 Å². The number of carbonyl (C=O) groups excluding carboxylic acids is 1. The Kier molecular flexibility index (Phi) is 6.13. The highest BCUT2D eigenvalue weighted by molar-refractivity contribution is 7.12. The van der Waals surface area contributed by atoms with Crippen molar-refractivity contribution in [2.45, 2.75) is 19.2 Å². The van der Waals surface area contributed by atoms with Crippen molar-refractivity contribution in [3.8, 4) is 5.00 Å². The number of thiophene rings is 1. The van der Waals surface area contributed by atoms with Crippen LogP contribution in [0.3, 0.4) is 0 Å². The third-order valence-corrected chi connectivity index (χ3v) is 5.49. The van der Waals surface area contributed by atoms with Gasteiger partial charge in [0.1, 0.15) is 11.5 Å². The normalized spacial score (nSPS) is 17.3. The van der Waals surface area contributed by atoms with Crippen LogP contribution in [-0.4, -0.2) is 62.9 Å². The predicted octanol–water partition coefficient (Wildman–Crippen LogP) is 0.508. The van der Waals surface area contributed by atoms with Crippen LogP contribution in [0.5, 0.6) is 0 Å². The zero-order valence-electron chi connectivity index (χ0n) is 15.8. The van der Waals surface area contributed by atoms with Crippen molar-refractivity contribution < 1.29 is 9.53 Å². The number of carbonyl (C=O) groups is 1. The molecule has 1 amide bonds. The highest BCUT2D eigenvalue weighted by atomic mass is 32.1. The Bertz CT molecular complexity index is 985. The fourth-order valence-electron chi connectivity index (χ4n) is 3.21. The number of benzene rings is 1. The maximum Gasteiger partial charge on any atom is 0.369 e. The summed E-state index contributed by atoms with van der Waals surface area (Å²) < 4.78 is 8.01. The molecule has 3 aromatic rings. The van der Waals surface area contributed by atoms with Crippen LogP contribution < -0.4 is 11.0 Å². The van der Waals surface area contributed by atoms with Gasteiger partial charge in [-0.05, 0) is 33.5 Å². The summed E-state index contributed by atoms with van der Waals surface area (Å²) in [6, 6.07) is 13.9. The monoisotopic (exact) mass is 414 g/mol. The van der Waals surface area contributed by atoms with E-state index >= 15 is 0 Å². The van der Waals surface area contributed by atoms with Gasteiger partial charge in [0.05, 0.1) is 12.7 Å². The third-order valence-electron chi connectivity index (χ3n) is 4.65. The lowest BCUT2D eigenvalue weighted by Crippen LogP contribution is -2.47. The lowest BCUT2D eigenvalue weighted by atomic mass is 10.2. The number of tetrazole rings is 1. The third kappa shape index (κ3) is 4.97. The van der Waals surface area contributed by atoms with Crippen LogP contribution in [-0.2, 0) is 22.6 Å². The Morgan fingerprint density at radius 2 is 2.07 bits per heavy atom. The summed E-state index contributed by atoms with van der Waals surface area (Å²) in [5.74, 6) is -0.297. The van der Waals surface area contributed by atoms with Crippen LogP contribution in [0.15, 0.2) is 52.6 Å². The minimum Gasteiger partial charge on any atom is -0.374 e. The zero-order valence-corrected chi connectivity index (χ0v) is 16.6. The fraction of sp³-hybridized carbons (Fsp3) is 0.368. The molecule has 0 radical (unpaired) electrons. The molecule has 0 aliphatic carbocycles. The van der Waals surface area contributed by atoms with Gasteiger partial charge in [0.25, 0.3) is 0 Å². The molecule has 0 bridgehead atoms. The largest absolute Gasteiger partial charge is 0.374 e. The molecule has 1 aliphatic heterocycles. The van der Waals surface area contributed by atoms with Crippen molar-refractivity contribution >= 4 is 17.2 Å². The van der Waals surface area contributed by atoms with Gasteiger partial charge < -0.3 is 10.1 Å². The zero-order chi connectivity index (χ0) is 20.1. The van der Waals surface area contributed by atoms with Crippen LogP contribution in [0, 0.1) is 0 Å². The lowest BCUT2D eigenvalue weighted by Gasteiger charge is -2.33.